The van der Waals surface area contributed by atoms with Crippen LogP contribution in [0.3, 0.4) is 0 Å². The minimum Gasteiger partial charge on any atom is -0.0888 e. The van der Waals surface area contributed by atoms with Gasteiger partial charge in [-0.1, -0.05) is 32.4 Å². The average Bonchev–Trinajstić information content (AvgIpc) is 1.89. The van der Waals surface area contributed by atoms with Gasteiger partial charge in [-0.3, -0.25) is 0 Å². The minimum atomic E-state index is 1.18. The second kappa shape index (κ2) is 7.74. The van der Waals surface area contributed by atoms with Crippen LogP contribution in [0.15, 0.2) is 12.2 Å². The zero-order chi connectivity index (χ0) is 6.95. The van der Waals surface area contributed by atoms with Gasteiger partial charge in [-0.05, 0) is 25.7 Å². The number of unbranched alkanes of at least 4 members (excludes halogenated alkanes) is 3. The van der Waals surface area contributed by atoms with Crippen molar-refractivity contribution in [2.75, 3.05) is 0 Å². The summed E-state index contributed by atoms with van der Waals surface area (Å²) in [4.78, 5) is 0. The van der Waals surface area contributed by atoms with Gasteiger partial charge in [0, 0.05) is 0 Å². The summed E-state index contributed by atoms with van der Waals surface area (Å²) in [6, 6.07) is 0. The van der Waals surface area contributed by atoms with E-state index in [1.54, 1.807) is 0 Å². The van der Waals surface area contributed by atoms with Gasteiger partial charge in [-0.2, -0.15) is 0 Å². The Bertz CT molecular complexity index is 62.4. The van der Waals surface area contributed by atoms with Crippen molar-refractivity contribution in [3.05, 3.63) is 18.6 Å². The monoisotopic (exact) mass is 125 g/mol. The normalized spacial score (nSPS) is 10.9. The number of allylic oxidation sites excluding steroid dienone is 2. The Balaban J connectivity index is 2.82. The summed E-state index contributed by atoms with van der Waals surface area (Å²) >= 11 is 0. The van der Waals surface area contributed by atoms with E-state index in [0.29, 0.717) is 0 Å². The van der Waals surface area contributed by atoms with Crippen LogP contribution in [0.2, 0.25) is 0 Å². The van der Waals surface area contributed by atoms with Gasteiger partial charge in [-0.25, -0.2) is 0 Å². The summed E-state index contributed by atoms with van der Waals surface area (Å²) in [7, 11) is 0. The van der Waals surface area contributed by atoms with Gasteiger partial charge in [0.25, 0.3) is 0 Å². The van der Waals surface area contributed by atoms with Crippen molar-refractivity contribution in [1.82, 2.24) is 0 Å². The molecule has 0 amide bonds. The average molecular weight is 125 g/mol. The molecule has 0 fully saturated rings. The van der Waals surface area contributed by atoms with Crippen molar-refractivity contribution in [2.24, 2.45) is 0 Å². The highest BCUT2D eigenvalue weighted by atomic mass is 13.9. The minimum absolute atomic E-state index is 1.18. The lowest BCUT2D eigenvalue weighted by molar-refractivity contribution is 0.826. The molecule has 0 aliphatic heterocycles. The largest absolute Gasteiger partial charge is 0.0888 e. The van der Waals surface area contributed by atoms with E-state index in [9.17, 15) is 0 Å². The molecular weight excluding hydrogens is 108 g/mol. The van der Waals surface area contributed by atoms with Gasteiger partial charge in [0.2, 0.25) is 0 Å². The summed E-state index contributed by atoms with van der Waals surface area (Å²) < 4.78 is 0. The second-order valence-corrected chi connectivity index (χ2v) is 2.22. The molecule has 0 spiro atoms. The van der Waals surface area contributed by atoms with E-state index in [2.05, 4.69) is 32.4 Å². The molecule has 0 saturated heterocycles. The molecule has 0 bridgehead atoms. The highest BCUT2D eigenvalue weighted by Crippen LogP contribution is 1.98. The van der Waals surface area contributed by atoms with Crippen LogP contribution in [0.5, 0.6) is 0 Å². The fraction of sp³-hybridized carbons (Fsp3) is 0.667. The maximum atomic E-state index is 2.27. The van der Waals surface area contributed by atoms with Gasteiger partial charge in [0.05, 0.1) is 0 Å². The molecule has 0 nitrogen and oxygen atoms in total. The van der Waals surface area contributed by atoms with Crippen LogP contribution in [0.1, 0.15) is 39.5 Å². The molecule has 0 aromatic heterocycles. The third kappa shape index (κ3) is 7.74. The summed E-state index contributed by atoms with van der Waals surface area (Å²) in [5.41, 5.74) is 0. The van der Waals surface area contributed by atoms with E-state index < -0.39 is 0 Å². The molecule has 0 heteroatoms. The predicted molar refractivity (Wildman–Crippen MR) is 43.3 cm³/mol. The highest BCUT2D eigenvalue weighted by molar-refractivity contribution is 4.80. The third-order valence-corrected chi connectivity index (χ3v) is 1.27. The van der Waals surface area contributed by atoms with E-state index in [4.69, 9.17) is 0 Å². The molecule has 0 saturated carbocycles. The molecule has 0 unspecified atom stereocenters. The first-order chi connectivity index (χ1) is 4.41. The van der Waals surface area contributed by atoms with Gasteiger partial charge in [-0.15, -0.1) is 0 Å². The maximum absolute atomic E-state index is 2.27. The summed E-state index contributed by atoms with van der Waals surface area (Å²) in [6.07, 6.45) is 11.7. The van der Waals surface area contributed by atoms with Gasteiger partial charge in [0.1, 0.15) is 0 Å². The summed E-state index contributed by atoms with van der Waals surface area (Å²) in [5.74, 6) is 0. The van der Waals surface area contributed by atoms with Crippen LogP contribution in [-0.2, 0) is 0 Å². The lowest BCUT2D eigenvalue weighted by Crippen LogP contribution is -1.70. The van der Waals surface area contributed by atoms with Crippen molar-refractivity contribution < 1.29 is 0 Å². The predicted octanol–water partition coefficient (Wildman–Crippen LogP) is 3.35. The molecule has 53 valence electrons. The zero-order valence-electron chi connectivity index (χ0n) is 6.56. The Labute approximate surface area is 59.0 Å². The lowest BCUT2D eigenvalue weighted by atomic mass is 10.2. The zero-order valence-corrected chi connectivity index (χ0v) is 6.56. The topological polar surface area (TPSA) is 0 Å². The van der Waals surface area contributed by atoms with E-state index >= 15 is 0 Å². The van der Waals surface area contributed by atoms with Crippen LogP contribution in [0, 0.1) is 6.42 Å². The highest BCUT2D eigenvalue weighted by Gasteiger charge is 1.79. The maximum Gasteiger partial charge on any atom is -0.0351 e. The first-order valence-corrected chi connectivity index (χ1v) is 3.84. The number of hydrogen-bond donors (Lipinski definition) is 0. The van der Waals surface area contributed by atoms with Crippen molar-refractivity contribution in [1.29, 1.82) is 0 Å². The van der Waals surface area contributed by atoms with Gasteiger partial charge in [0.15, 0.2) is 0 Å². The van der Waals surface area contributed by atoms with Crippen molar-refractivity contribution in [2.45, 2.75) is 39.5 Å². The van der Waals surface area contributed by atoms with Gasteiger partial charge >= 0.3 is 0 Å². The Morgan fingerprint density at radius 1 is 1.11 bits per heavy atom. The molecule has 0 aliphatic carbocycles. The molecule has 0 heterocycles. The smallest absolute Gasteiger partial charge is 0.0351 e. The van der Waals surface area contributed by atoms with Crippen LogP contribution in [0.25, 0.3) is 0 Å². The molecule has 0 aromatic carbocycles. The van der Waals surface area contributed by atoms with E-state index in [0.717, 1.165) is 0 Å². The van der Waals surface area contributed by atoms with Crippen LogP contribution in [0.4, 0.5) is 0 Å². The molecule has 0 aliphatic rings. The standard InChI is InChI=1S/C9H17/c1-3-5-7-9-8-6-4-2/h3,6,8H,4-5,7,9H2,1-2H3. The van der Waals surface area contributed by atoms with Crippen LogP contribution in [-0.4, -0.2) is 0 Å². The molecule has 0 N–H and O–H groups in total. The quantitative estimate of drug-likeness (QED) is 0.390. The molecule has 0 aromatic rings. The molecule has 9 heavy (non-hydrogen) atoms. The van der Waals surface area contributed by atoms with Crippen molar-refractivity contribution >= 4 is 0 Å². The van der Waals surface area contributed by atoms with E-state index in [-0.39, 0.29) is 0 Å². The summed E-state index contributed by atoms with van der Waals surface area (Å²) in [6.45, 7) is 4.28. The van der Waals surface area contributed by atoms with Crippen LogP contribution < -0.4 is 0 Å². The first-order valence-electron chi connectivity index (χ1n) is 3.84. The Morgan fingerprint density at radius 3 is 2.44 bits per heavy atom. The second-order valence-electron chi connectivity index (χ2n) is 2.22. The first kappa shape index (κ1) is 8.74. The lowest BCUT2D eigenvalue weighted by Gasteiger charge is -1.89. The fourth-order valence-corrected chi connectivity index (χ4v) is 0.724. The van der Waals surface area contributed by atoms with E-state index in [1.807, 2.05) is 0 Å². The Morgan fingerprint density at radius 2 is 1.89 bits per heavy atom. The van der Waals surface area contributed by atoms with Crippen LogP contribution >= 0.6 is 0 Å². The fourth-order valence-electron chi connectivity index (χ4n) is 0.724. The number of rotatable bonds is 5. The molecule has 0 rings (SSSR count). The SMILES string of the molecule is C[CH]CCCC=CCC. The van der Waals surface area contributed by atoms with Crippen molar-refractivity contribution in [3.63, 3.8) is 0 Å². The Hall–Kier alpha value is -0.260. The third-order valence-electron chi connectivity index (χ3n) is 1.27. The molecule has 0 atom stereocenters. The summed E-state index contributed by atoms with van der Waals surface area (Å²) in [5, 5.41) is 0. The molecular formula is C9H17. The van der Waals surface area contributed by atoms with E-state index in [1.165, 1.54) is 25.7 Å². The number of hydrogen-bond acceptors (Lipinski definition) is 0. The van der Waals surface area contributed by atoms with Crippen molar-refractivity contribution in [3.8, 4) is 0 Å². The Kier molecular flexibility index (Phi) is 7.52. The van der Waals surface area contributed by atoms with Gasteiger partial charge < -0.3 is 0 Å². The molecule has 1 radical (unpaired) electrons.